The van der Waals surface area contributed by atoms with Crippen LogP contribution in [0.2, 0.25) is 5.02 Å². The molecular weight excluding hydrogens is 544 g/mol. The van der Waals surface area contributed by atoms with Gasteiger partial charge in [-0.1, -0.05) is 76.1 Å². The first-order valence-corrected chi connectivity index (χ1v) is 12.9. The van der Waals surface area contributed by atoms with Gasteiger partial charge < -0.3 is 10.6 Å². The second-order valence-corrected chi connectivity index (χ2v) is 10.3. The quantitative estimate of drug-likeness (QED) is 0.215. The van der Waals surface area contributed by atoms with Crippen LogP contribution in [0.3, 0.4) is 0 Å². The first kappa shape index (κ1) is 25.0. The molecule has 4 nitrogen and oxygen atoms in total. The normalized spacial score (nSPS) is 11.5. The van der Waals surface area contributed by atoms with Crippen molar-refractivity contribution in [3.8, 4) is 0 Å². The van der Waals surface area contributed by atoms with E-state index in [9.17, 15) is 9.59 Å². The van der Waals surface area contributed by atoms with Crippen LogP contribution in [0.1, 0.15) is 16.4 Å². The molecule has 0 saturated carbocycles. The third-order valence-corrected chi connectivity index (χ3v) is 7.13. The molecule has 0 aromatic heterocycles. The van der Waals surface area contributed by atoms with Gasteiger partial charge in [-0.25, -0.2) is 0 Å². The fourth-order valence-electron chi connectivity index (χ4n) is 3.42. The number of anilines is 2. The van der Waals surface area contributed by atoms with Gasteiger partial charge in [-0.3, -0.25) is 9.59 Å². The van der Waals surface area contributed by atoms with E-state index >= 15 is 0 Å². The molecule has 0 spiro atoms. The Balaban J connectivity index is 1.48. The van der Waals surface area contributed by atoms with Crippen molar-refractivity contribution in [2.45, 2.75) is 16.6 Å². The van der Waals surface area contributed by atoms with Gasteiger partial charge in [0.2, 0.25) is 11.8 Å². The van der Waals surface area contributed by atoms with Crippen molar-refractivity contribution in [3.05, 3.63) is 124 Å². The van der Waals surface area contributed by atoms with Gasteiger partial charge >= 0.3 is 0 Å². The highest BCUT2D eigenvalue weighted by Gasteiger charge is 2.22. The van der Waals surface area contributed by atoms with Crippen LogP contribution < -0.4 is 10.6 Å². The minimum atomic E-state index is -0.472. The molecule has 176 valence electrons. The van der Waals surface area contributed by atoms with E-state index in [1.807, 2.05) is 91.0 Å². The van der Waals surface area contributed by atoms with Gasteiger partial charge in [-0.2, -0.15) is 0 Å². The van der Waals surface area contributed by atoms with Gasteiger partial charge in [0.1, 0.15) is 5.25 Å². The summed E-state index contributed by atoms with van der Waals surface area (Å²) in [7, 11) is 0. The molecular formula is C28H22BrClN2O2S. The Hall–Kier alpha value is -3.06. The molecule has 0 saturated heterocycles. The largest absolute Gasteiger partial charge is 0.326 e. The van der Waals surface area contributed by atoms with Crippen LogP contribution in [0.15, 0.2) is 112 Å². The molecule has 0 aliphatic heterocycles. The summed E-state index contributed by atoms with van der Waals surface area (Å²) >= 11 is 10.8. The molecule has 0 aliphatic rings. The predicted molar refractivity (Wildman–Crippen MR) is 148 cm³/mol. The number of thioether (sulfide) groups is 1. The zero-order valence-electron chi connectivity index (χ0n) is 18.6. The van der Waals surface area contributed by atoms with E-state index in [0.717, 1.165) is 26.2 Å². The Bertz CT molecular complexity index is 1300. The molecule has 7 heteroatoms. The second kappa shape index (κ2) is 12.1. The van der Waals surface area contributed by atoms with E-state index < -0.39 is 5.25 Å². The average molecular weight is 566 g/mol. The zero-order valence-corrected chi connectivity index (χ0v) is 21.7. The lowest BCUT2D eigenvalue weighted by Gasteiger charge is -2.18. The number of nitrogens with one attached hydrogen (secondary N) is 2. The summed E-state index contributed by atoms with van der Waals surface area (Å²) in [5.41, 5.74) is 3.17. The standard InChI is InChI=1S/C28H22BrClN2O2S/c29-21-11-15-23(16-12-21)32-28(34)27(20-5-2-1-3-6-20)35-25-8-4-7-24(18-25)31-26(33)17-19-9-13-22(30)14-10-19/h1-16,18,27H,17H2,(H,31,33)(H,32,34). The minimum Gasteiger partial charge on any atom is -0.326 e. The Morgan fingerprint density at radius 1 is 0.800 bits per heavy atom. The van der Waals surface area contributed by atoms with Gasteiger partial charge in [-0.15, -0.1) is 11.8 Å². The maximum absolute atomic E-state index is 13.3. The Kier molecular flexibility index (Phi) is 8.64. The minimum absolute atomic E-state index is 0.123. The number of amides is 2. The third kappa shape index (κ3) is 7.46. The Morgan fingerprint density at radius 2 is 1.51 bits per heavy atom. The number of rotatable bonds is 8. The summed E-state index contributed by atoms with van der Waals surface area (Å²) in [5.74, 6) is -0.247. The van der Waals surface area contributed by atoms with E-state index in [2.05, 4.69) is 26.6 Å². The van der Waals surface area contributed by atoms with Crippen LogP contribution in [0.4, 0.5) is 11.4 Å². The lowest BCUT2D eigenvalue weighted by atomic mass is 10.1. The summed E-state index contributed by atoms with van der Waals surface area (Å²) in [6, 6.07) is 31.9. The Morgan fingerprint density at radius 3 is 2.23 bits per heavy atom. The van der Waals surface area contributed by atoms with E-state index in [-0.39, 0.29) is 18.2 Å². The van der Waals surface area contributed by atoms with Crippen molar-refractivity contribution in [3.63, 3.8) is 0 Å². The first-order valence-electron chi connectivity index (χ1n) is 10.9. The molecule has 2 amide bonds. The summed E-state index contributed by atoms with van der Waals surface area (Å²) < 4.78 is 0.944. The molecule has 1 atom stereocenters. The first-order chi connectivity index (χ1) is 17.0. The van der Waals surface area contributed by atoms with Crippen molar-refractivity contribution in [1.29, 1.82) is 0 Å². The summed E-state index contributed by atoms with van der Waals surface area (Å²) in [6.07, 6.45) is 0.247. The van der Waals surface area contributed by atoms with Gasteiger partial charge in [0, 0.05) is 25.8 Å². The van der Waals surface area contributed by atoms with Crippen molar-refractivity contribution in [1.82, 2.24) is 0 Å². The molecule has 4 rings (SSSR count). The lowest BCUT2D eigenvalue weighted by Crippen LogP contribution is -2.19. The van der Waals surface area contributed by atoms with Crippen molar-refractivity contribution < 1.29 is 9.59 Å². The summed E-state index contributed by atoms with van der Waals surface area (Å²) in [6.45, 7) is 0. The van der Waals surface area contributed by atoms with Crippen LogP contribution >= 0.6 is 39.3 Å². The average Bonchev–Trinajstić information content (AvgIpc) is 2.86. The van der Waals surface area contributed by atoms with E-state index in [4.69, 9.17) is 11.6 Å². The van der Waals surface area contributed by atoms with Crippen LogP contribution in [0.5, 0.6) is 0 Å². The maximum Gasteiger partial charge on any atom is 0.242 e. The molecule has 35 heavy (non-hydrogen) atoms. The highest BCUT2D eigenvalue weighted by Crippen LogP contribution is 2.37. The SMILES string of the molecule is O=C(Cc1ccc(Cl)cc1)Nc1cccc(SC(C(=O)Nc2ccc(Br)cc2)c2ccccc2)c1. The molecule has 4 aromatic rings. The fourth-order valence-corrected chi connectivity index (χ4v) is 4.89. The molecule has 0 radical (unpaired) electrons. The molecule has 0 heterocycles. The molecule has 2 N–H and O–H groups in total. The van der Waals surface area contributed by atoms with Crippen LogP contribution in [-0.4, -0.2) is 11.8 Å². The van der Waals surface area contributed by atoms with Crippen molar-refractivity contribution >= 4 is 62.5 Å². The number of carbonyl (C=O) groups excluding carboxylic acids is 2. The maximum atomic E-state index is 13.3. The number of benzene rings is 4. The fraction of sp³-hybridized carbons (Fsp3) is 0.0714. The highest BCUT2D eigenvalue weighted by atomic mass is 79.9. The van der Waals surface area contributed by atoms with Crippen molar-refractivity contribution in [2.24, 2.45) is 0 Å². The number of hydrogen-bond donors (Lipinski definition) is 2. The number of hydrogen-bond acceptors (Lipinski definition) is 3. The monoisotopic (exact) mass is 564 g/mol. The highest BCUT2D eigenvalue weighted by molar-refractivity contribution is 9.10. The lowest BCUT2D eigenvalue weighted by molar-refractivity contribution is -0.116. The van der Waals surface area contributed by atoms with Gasteiger partial charge in [-0.05, 0) is 65.7 Å². The van der Waals surface area contributed by atoms with E-state index in [1.54, 1.807) is 12.1 Å². The molecule has 0 bridgehead atoms. The summed E-state index contributed by atoms with van der Waals surface area (Å²) in [4.78, 5) is 26.7. The summed E-state index contributed by atoms with van der Waals surface area (Å²) in [5, 5.41) is 6.11. The van der Waals surface area contributed by atoms with E-state index in [0.29, 0.717) is 10.7 Å². The van der Waals surface area contributed by atoms with Gasteiger partial charge in [0.15, 0.2) is 0 Å². The second-order valence-electron chi connectivity index (χ2n) is 7.78. The van der Waals surface area contributed by atoms with Gasteiger partial charge in [0.25, 0.3) is 0 Å². The van der Waals surface area contributed by atoms with E-state index in [1.165, 1.54) is 11.8 Å². The Labute approximate surface area is 222 Å². The molecule has 0 fully saturated rings. The number of halogens is 2. The molecule has 1 unspecified atom stereocenters. The molecule has 4 aromatic carbocycles. The van der Waals surface area contributed by atoms with Gasteiger partial charge in [0.05, 0.1) is 6.42 Å². The van der Waals surface area contributed by atoms with Crippen molar-refractivity contribution in [2.75, 3.05) is 10.6 Å². The smallest absolute Gasteiger partial charge is 0.242 e. The third-order valence-electron chi connectivity index (χ3n) is 5.10. The molecule has 0 aliphatic carbocycles. The zero-order chi connectivity index (χ0) is 24.6. The van der Waals surface area contributed by atoms with Crippen LogP contribution in [0.25, 0.3) is 0 Å². The number of carbonyl (C=O) groups is 2. The topological polar surface area (TPSA) is 58.2 Å². The van der Waals surface area contributed by atoms with Crippen LogP contribution in [-0.2, 0) is 16.0 Å². The van der Waals surface area contributed by atoms with Crippen LogP contribution in [0, 0.1) is 0 Å². The predicted octanol–water partition coefficient (Wildman–Crippen LogP) is 7.76.